The zero-order valence-electron chi connectivity index (χ0n) is 39.3. The van der Waals surface area contributed by atoms with Crippen molar-refractivity contribution >= 4 is 30.0 Å². The van der Waals surface area contributed by atoms with Crippen LogP contribution in [0.25, 0.3) is 0 Å². The number of fused-ring (bicyclic) bond motifs is 1. The lowest BCUT2D eigenvalue weighted by Crippen LogP contribution is -2.54. The summed E-state index contributed by atoms with van der Waals surface area (Å²) in [5, 5.41) is 0. The Morgan fingerprint density at radius 2 is 0.870 bits per heavy atom. The summed E-state index contributed by atoms with van der Waals surface area (Å²) in [6, 6.07) is 0. The van der Waals surface area contributed by atoms with Crippen molar-refractivity contribution in [2.45, 2.75) is 76.2 Å². The number of carbonyl (C=O) groups excluding carboxylic acids is 5. The highest BCUT2D eigenvalue weighted by Crippen LogP contribution is 2.25. The molecule has 5 fully saturated rings. The summed E-state index contributed by atoms with van der Waals surface area (Å²) in [6.07, 6.45) is 5.67. The molecule has 6 aliphatic rings. The summed E-state index contributed by atoms with van der Waals surface area (Å²) in [5.41, 5.74) is -5.62. The van der Waals surface area contributed by atoms with E-state index in [0.29, 0.717) is 13.7 Å². The molecular weight excluding hydrogens is 1040 g/mol. The van der Waals surface area contributed by atoms with Crippen LogP contribution in [-0.2, 0) is 96.2 Å². The molecular formula is C44H38N6O27. The SMILES string of the molecule is C=C1OC=C(Cn2c(=O)n(Cc3coc(=O)o3)c(=O)n(Cc3coc(=O)o3)c2=O)O1.C=C1OCC(/C=C/Cn2c(=O)n(C/C=C/C3COC(=O)O3)c(=O)n(C/C=C/C3COC(=O)O3)c2=O)O1.O=C1OC2C(=O)CC(=O)C2O1. The minimum absolute atomic E-state index is 0.0123. The van der Waals surface area contributed by atoms with Gasteiger partial charge in [-0.15, -0.1) is 0 Å². The van der Waals surface area contributed by atoms with Gasteiger partial charge in [-0.25, -0.2) is 80.1 Å². The Morgan fingerprint density at radius 1 is 0.468 bits per heavy atom. The molecule has 0 bridgehead atoms. The van der Waals surface area contributed by atoms with E-state index in [-0.39, 0.29) is 86.6 Å². The molecule has 1 saturated carbocycles. The normalized spacial score (nSPS) is 21.2. The summed E-state index contributed by atoms with van der Waals surface area (Å²) in [6.45, 7) is 5.30. The van der Waals surface area contributed by atoms with Gasteiger partial charge in [0.15, 0.2) is 47.2 Å². The lowest BCUT2D eigenvalue weighted by Gasteiger charge is -2.12. The van der Waals surface area contributed by atoms with Crippen molar-refractivity contribution in [3.63, 3.8) is 0 Å². The van der Waals surface area contributed by atoms with Crippen LogP contribution in [0, 0.1) is 0 Å². The quantitative estimate of drug-likeness (QED) is 0.0535. The number of ether oxygens (including phenoxy) is 10. The predicted octanol–water partition coefficient (Wildman–Crippen LogP) is -2.05. The van der Waals surface area contributed by atoms with Gasteiger partial charge >= 0.3 is 64.2 Å². The summed E-state index contributed by atoms with van der Waals surface area (Å²) < 4.78 is 71.4. The first-order valence-corrected chi connectivity index (χ1v) is 22.2. The highest BCUT2D eigenvalue weighted by atomic mass is 16.8. The van der Waals surface area contributed by atoms with Crippen LogP contribution in [0.15, 0.2) is 142 Å². The van der Waals surface area contributed by atoms with Gasteiger partial charge in [-0.2, -0.15) is 0 Å². The van der Waals surface area contributed by atoms with Crippen molar-refractivity contribution in [1.82, 2.24) is 27.4 Å². The fourth-order valence-electron chi connectivity index (χ4n) is 7.31. The molecule has 77 heavy (non-hydrogen) atoms. The fraction of sp³-hybridized carbons (Fsp3) is 0.341. The Labute approximate surface area is 423 Å². The molecule has 4 aromatic heterocycles. The van der Waals surface area contributed by atoms with Crippen LogP contribution >= 0.6 is 0 Å². The van der Waals surface area contributed by atoms with Gasteiger partial charge in [-0.05, 0) is 31.4 Å². The fourth-order valence-corrected chi connectivity index (χ4v) is 7.31. The first-order chi connectivity index (χ1) is 36.8. The molecule has 33 nitrogen and oxygen atoms in total. The second-order valence-electron chi connectivity index (χ2n) is 16.1. The summed E-state index contributed by atoms with van der Waals surface area (Å²) >= 11 is 0. The second kappa shape index (κ2) is 22.8. The monoisotopic (exact) mass is 1080 g/mol. The third-order valence-electron chi connectivity index (χ3n) is 10.8. The van der Waals surface area contributed by atoms with E-state index in [1.165, 1.54) is 24.3 Å². The molecule has 5 aliphatic heterocycles. The number of nitrogens with zero attached hydrogens (tertiary/aromatic N) is 6. The Morgan fingerprint density at radius 3 is 1.22 bits per heavy atom. The first-order valence-electron chi connectivity index (χ1n) is 22.2. The zero-order valence-corrected chi connectivity index (χ0v) is 39.3. The van der Waals surface area contributed by atoms with E-state index in [4.69, 9.17) is 37.3 Å². The van der Waals surface area contributed by atoms with Gasteiger partial charge in [0.1, 0.15) is 38.6 Å². The van der Waals surface area contributed by atoms with Gasteiger partial charge in [0.25, 0.3) is 11.9 Å². The number of hydrogen-bond acceptors (Lipinski definition) is 27. The maximum atomic E-state index is 13.0. The van der Waals surface area contributed by atoms with Gasteiger partial charge in [0, 0.05) is 0 Å². The van der Waals surface area contributed by atoms with Crippen molar-refractivity contribution in [2.24, 2.45) is 0 Å². The highest BCUT2D eigenvalue weighted by molar-refractivity contribution is 6.13. The Bertz CT molecular complexity index is 3370. The number of carbonyl (C=O) groups is 5. The van der Waals surface area contributed by atoms with E-state index < -0.39 is 114 Å². The average molecular weight is 1080 g/mol. The van der Waals surface area contributed by atoms with Gasteiger partial charge in [-0.1, -0.05) is 18.2 Å². The Kier molecular flexibility index (Phi) is 15.7. The summed E-state index contributed by atoms with van der Waals surface area (Å²) in [4.78, 5) is 154. The minimum atomic E-state index is -1.06. The van der Waals surface area contributed by atoms with E-state index in [9.17, 15) is 62.3 Å². The third kappa shape index (κ3) is 12.5. The predicted molar refractivity (Wildman–Crippen MR) is 240 cm³/mol. The van der Waals surface area contributed by atoms with Gasteiger partial charge < -0.3 is 65.0 Å². The van der Waals surface area contributed by atoms with Crippen LogP contribution in [0.1, 0.15) is 17.9 Å². The molecule has 5 unspecified atom stereocenters. The van der Waals surface area contributed by atoms with E-state index in [0.717, 1.165) is 32.5 Å². The molecule has 4 aromatic rings. The molecule has 1 aliphatic carbocycles. The molecule has 0 aromatic carbocycles. The molecule has 0 N–H and O–H groups in total. The number of cyclic esters (lactones) is 4. The molecule has 9 heterocycles. The molecule has 0 radical (unpaired) electrons. The molecule has 0 amide bonds. The highest BCUT2D eigenvalue weighted by Gasteiger charge is 2.52. The molecule has 10 rings (SSSR count). The maximum absolute atomic E-state index is 13.0. The second-order valence-corrected chi connectivity index (χ2v) is 16.1. The summed E-state index contributed by atoms with van der Waals surface area (Å²) in [7, 11) is 0. The van der Waals surface area contributed by atoms with E-state index in [1.54, 1.807) is 12.2 Å². The Balaban J connectivity index is 0.000000171. The van der Waals surface area contributed by atoms with E-state index in [2.05, 4.69) is 40.9 Å². The van der Waals surface area contributed by atoms with E-state index >= 15 is 0 Å². The lowest BCUT2D eigenvalue weighted by molar-refractivity contribution is -0.125. The average Bonchev–Trinajstić information content (AvgIpc) is 4.29. The maximum Gasteiger partial charge on any atom is 0.518 e. The molecule has 5 atom stereocenters. The summed E-state index contributed by atoms with van der Waals surface area (Å²) in [5.74, 6) is -2.91. The molecule has 0 spiro atoms. The standard InChI is InChI=1S/C22H23N3O11.C16H11N3O11.C6H4O5/c1-14-31-11-15(34-14)5-2-8-23-18(26)24(9-3-6-16-12-32-21(29)35-16)20(28)25(19(23)27)10-4-7-17-13-33-22(30)36-17;1-8-25-5-9(28-8)2-17-12(20)18(3-10-6-26-15(23)29-10)14(22)19(13(17)21)4-11-7-27-16(24)30-11;7-2-1-3(8)5-4(2)10-6(9)11-5/h2-7,15-17H,1,8-13H2;5-7H,1-4H2;4-5H,1H2/b5-2+,6-3+,7-4+;;. The third-order valence-corrected chi connectivity index (χ3v) is 10.8. The van der Waals surface area contributed by atoms with Crippen LogP contribution in [0.4, 0.5) is 14.4 Å². The minimum Gasteiger partial charge on any atom is -0.462 e. The van der Waals surface area contributed by atoms with Crippen LogP contribution < -0.4 is 45.8 Å². The number of aromatic nitrogens is 6. The van der Waals surface area contributed by atoms with Crippen LogP contribution in [-0.4, -0.2) is 108 Å². The first kappa shape index (κ1) is 52.9. The van der Waals surface area contributed by atoms with Crippen molar-refractivity contribution in [3.05, 3.63) is 182 Å². The van der Waals surface area contributed by atoms with E-state index in [1.807, 2.05) is 0 Å². The smallest absolute Gasteiger partial charge is 0.462 e. The van der Waals surface area contributed by atoms with Gasteiger partial charge in [0.05, 0.1) is 45.7 Å². The van der Waals surface area contributed by atoms with Crippen molar-refractivity contribution in [1.29, 1.82) is 0 Å². The van der Waals surface area contributed by atoms with Crippen LogP contribution in [0.3, 0.4) is 0 Å². The van der Waals surface area contributed by atoms with Crippen molar-refractivity contribution in [2.75, 3.05) is 19.8 Å². The van der Waals surface area contributed by atoms with Gasteiger partial charge in [-0.3, -0.25) is 9.59 Å². The molecule has 33 heteroatoms. The van der Waals surface area contributed by atoms with Crippen LogP contribution in [0.5, 0.6) is 0 Å². The number of allylic oxidation sites excluding steroid dienone is 4. The topological polar surface area (TPSA) is 396 Å². The molecule has 4 saturated heterocycles. The van der Waals surface area contributed by atoms with Gasteiger partial charge in [0.2, 0.25) is 12.2 Å². The Hall–Kier alpha value is -10.4. The number of Topliss-reactive ketones (excluding diaryl/α,β-unsaturated/α-hetero) is 2. The van der Waals surface area contributed by atoms with Crippen LogP contribution in [0.2, 0.25) is 0 Å². The largest absolute Gasteiger partial charge is 0.518 e. The lowest BCUT2D eigenvalue weighted by atomic mass is 10.2. The molecule has 406 valence electrons. The number of rotatable bonds is 15. The number of hydrogen-bond donors (Lipinski definition) is 0. The number of ketones is 2. The van der Waals surface area contributed by atoms with Crippen molar-refractivity contribution in [3.8, 4) is 0 Å². The van der Waals surface area contributed by atoms with Crippen molar-refractivity contribution < 1.29 is 89.0 Å². The zero-order chi connectivity index (χ0) is 55.1.